The Labute approximate surface area is 104 Å². The van der Waals surface area contributed by atoms with Crippen LogP contribution in [0, 0.1) is 0 Å². The number of aliphatic hydroxyl groups excluding tert-OH is 1. The minimum atomic E-state index is -0.808. The average Bonchev–Trinajstić information content (AvgIpc) is 2.77. The lowest BCUT2D eigenvalue weighted by molar-refractivity contribution is 0.215. The van der Waals surface area contributed by atoms with Crippen LogP contribution in [0.4, 0.5) is 0 Å². The number of benzene rings is 1. The second kappa shape index (κ2) is 4.19. The predicted molar refractivity (Wildman–Crippen MR) is 66.8 cm³/mol. The van der Waals surface area contributed by atoms with E-state index in [4.69, 9.17) is 0 Å². The molecular formula is C13H12N4O. The van der Waals surface area contributed by atoms with E-state index in [9.17, 15) is 5.11 Å². The van der Waals surface area contributed by atoms with Gasteiger partial charge in [-0.05, 0) is 6.07 Å². The average molecular weight is 240 g/mol. The Morgan fingerprint density at radius 1 is 1.17 bits per heavy atom. The molecule has 90 valence electrons. The second-order valence-electron chi connectivity index (χ2n) is 4.10. The van der Waals surface area contributed by atoms with E-state index >= 15 is 0 Å². The molecule has 0 aliphatic heterocycles. The third-order valence-electron chi connectivity index (χ3n) is 2.94. The van der Waals surface area contributed by atoms with Crippen molar-refractivity contribution in [1.29, 1.82) is 0 Å². The maximum Gasteiger partial charge on any atom is 0.126 e. The van der Waals surface area contributed by atoms with E-state index < -0.39 is 6.10 Å². The standard InChI is InChI=1S/C13H12N4O/c1-17-11-5-3-2-4-10(11)12(16-17)13(18)9-6-14-8-15-7-9/h2-8,13,18H,1H3. The van der Waals surface area contributed by atoms with Gasteiger partial charge in [0.05, 0.1) is 5.52 Å². The molecule has 2 aromatic heterocycles. The van der Waals surface area contributed by atoms with Gasteiger partial charge in [0.2, 0.25) is 0 Å². The summed E-state index contributed by atoms with van der Waals surface area (Å²) in [6.45, 7) is 0. The third-order valence-corrected chi connectivity index (χ3v) is 2.94. The lowest BCUT2D eigenvalue weighted by Gasteiger charge is -2.07. The molecule has 1 N–H and O–H groups in total. The molecular weight excluding hydrogens is 228 g/mol. The second-order valence-corrected chi connectivity index (χ2v) is 4.10. The molecule has 5 heteroatoms. The molecule has 3 rings (SSSR count). The highest BCUT2D eigenvalue weighted by atomic mass is 16.3. The monoisotopic (exact) mass is 240 g/mol. The number of fused-ring (bicyclic) bond motifs is 1. The van der Waals surface area contributed by atoms with Crippen LogP contribution in [-0.2, 0) is 7.05 Å². The molecule has 0 spiro atoms. The Hall–Kier alpha value is -2.27. The molecule has 0 amide bonds. The molecule has 0 bridgehead atoms. The van der Waals surface area contributed by atoms with E-state index in [2.05, 4.69) is 15.1 Å². The fourth-order valence-electron chi connectivity index (χ4n) is 2.05. The van der Waals surface area contributed by atoms with Gasteiger partial charge in [-0.3, -0.25) is 4.68 Å². The van der Waals surface area contributed by atoms with Crippen LogP contribution in [0.3, 0.4) is 0 Å². The number of aryl methyl sites for hydroxylation is 1. The first-order valence-electron chi connectivity index (χ1n) is 5.62. The van der Waals surface area contributed by atoms with Gasteiger partial charge < -0.3 is 5.11 Å². The maximum absolute atomic E-state index is 10.3. The summed E-state index contributed by atoms with van der Waals surface area (Å²) in [5.74, 6) is 0. The minimum absolute atomic E-state index is 0.628. The Bertz CT molecular complexity index is 678. The van der Waals surface area contributed by atoms with Gasteiger partial charge in [-0.15, -0.1) is 0 Å². The Morgan fingerprint density at radius 2 is 1.89 bits per heavy atom. The lowest BCUT2D eigenvalue weighted by Crippen LogP contribution is -2.03. The fraction of sp³-hybridized carbons (Fsp3) is 0.154. The highest BCUT2D eigenvalue weighted by molar-refractivity contribution is 5.82. The number of hydrogen-bond donors (Lipinski definition) is 1. The van der Waals surface area contributed by atoms with Gasteiger partial charge in [-0.1, -0.05) is 18.2 Å². The molecule has 18 heavy (non-hydrogen) atoms. The summed E-state index contributed by atoms with van der Waals surface area (Å²) >= 11 is 0. The Balaban J connectivity index is 2.15. The number of aliphatic hydroxyl groups is 1. The summed E-state index contributed by atoms with van der Waals surface area (Å²) in [5, 5.41) is 15.7. The minimum Gasteiger partial charge on any atom is -0.382 e. The molecule has 0 aliphatic carbocycles. The highest BCUT2D eigenvalue weighted by Gasteiger charge is 2.18. The summed E-state index contributed by atoms with van der Waals surface area (Å²) in [6.07, 6.45) is 3.83. The van der Waals surface area contributed by atoms with E-state index in [0.29, 0.717) is 11.3 Å². The largest absolute Gasteiger partial charge is 0.382 e. The summed E-state index contributed by atoms with van der Waals surface area (Å²) in [5.41, 5.74) is 2.26. The Morgan fingerprint density at radius 3 is 2.67 bits per heavy atom. The fourth-order valence-corrected chi connectivity index (χ4v) is 2.05. The summed E-state index contributed by atoms with van der Waals surface area (Å²) in [6, 6.07) is 7.80. The SMILES string of the molecule is Cn1nc(C(O)c2cncnc2)c2ccccc21. The van der Waals surface area contributed by atoms with Crippen LogP contribution in [0.2, 0.25) is 0 Å². The molecule has 0 fully saturated rings. The molecule has 0 radical (unpaired) electrons. The van der Waals surface area contributed by atoms with Crippen molar-refractivity contribution in [3.8, 4) is 0 Å². The van der Waals surface area contributed by atoms with Crippen LogP contribution in [0.1, 0.15) is 17.4 Å². The van der Waals surface area contributed by atoms with Crippen molar-refractivity contribution in [2.24, 2.45) is 7.05 Å². The molecule has 2 heterocycles. The molecule has 1 atom stereocenters. The molecule has 1 aromatic carbocycles. The molecule has 1 unspecified atom stereocenters. The van der Waals surface area contributed by atoms with Crippen LogP contribution in [-0.4, -0.2) is 24.9 Å². The van der Waals surface area contributed by atoms with Crippen LogP contribution in [0.15, 0.2) is 43.0 Å². The summed E-state index contributed by atoms with van der Waals surface area (Å²) < 4.78 is 1.76. The van der Waals surface area contributed by atoms with Crippen LogP contribution in [0.25, 0.3) is 10.9 Å². The number of nitrogens with zero attached hydrogens (tertiary/aromatic N) is 4. The number of rotatable bonds is 2. The van der Waals surface area contributed by atoms with Crippen molar-refractivity contribution in [2.75, 3.05) is 0 Å². The third kappa shape index (κ3) is 1.65. The van der Waals surface area contributed by atoms with Crippen molar-refractivity contribution in [3.63, 3.8) is 0 Å². The van der Waals surface area contributed by atoms with Crippen LogP contribution < -0.4 is 0 Å². The number of hydrogen-bond acceptors (Lipinski definition) is 4. The van der Waals surface area contributed by atoms with Crippen molar-refractivity contribution >= 4 is 10.9 Å². The number of aromatic nitrogens is 4. The zero-order valence-electron chi connectivity index (χ0n) is 9.85. The van der Waals surface area contributed by atoms with E-state index in [-0.39, 0.29) is 0 Å². The van der Waals surface area contributed by atoms with E-state index in [1.807, 2.05) is 31.3 Å². The van der Waals surface area contributed by atoms with Gasteiger partial charge in [0.15, 0.2) is 0 Å². The van der Waals surface area contributed by atoms with Gasteiger partial charge in [-0.2, -0.15) is 5.10 Å². The Kier molecular flexibility index (Phi) is 2.53. The first-order valence-corrected chi connectivity index (χ1v) is 5.62. The van der Waals surface area contributed by atoms with E-state index in [0.717, 1.165) is 10.9 Å². The predicted octanol–water partition coefficient (Wildman–Crippen LogP) is 1.44. The van der Waals surface area contributed by atoms with Gasteiger partial charge in [0.25, 0.3) is 0 Å². The van der Waals surface area contributed by atoms with Crippen LogP contribution >= 0.6 is 0 Å². The molecule has 3 aromatic rings. The highest BCUT2D eigenvalue weighted by Crippen LogP contribution is 2.26. The summed E-state index contributed by atoms with van der Waals surface area (Å²) in [4.78, 5) is 7.82. The van der Waals surface area contributed by atoms with E-state index in [1.165, 1.54) is 6.33 Å². The summed E-state index contributed by atoms with van der Waals surface area (Å²) in [7, 11) is 1.86. The van der Waals surface area contributed by atoms with Gasteiger partial charge in [0.1, 0.15) is 18.1 Å². The first-order chi connectivity index (χ1) is 8.77. The first kappa shape index (κ1) is 10.9. The topological polar surface area (TPSA) is 63.8 Å². The van der Waals surface area contributed by atoms with Gasteiger partial charge >= 0.3 is 0 Å². The van der Waals surface area contributed by atoms with Gasteiger partial charge in [0, 0.05) is 30.4 Å². The maximum atomic E-state index is 10.3. The molecule has 0 aliphatic rings. The normalized spacial score (nSPS) is 12.8. The smallest absolute Gasteiger partial charge is 0.126 e. The molecule has 5 nitrogen and oxygen atoms in total. The molecule has 0 saturated carbocycles. The van der Waals surface area contributed by atoms with E-state index in [1.54, 1.807) is 17.1 Å². The zero-order chi connectivity index (χ0) is 12.5. The van der Waals surface area contributed by atoms with Gasteiger partial charge in [-0.25, -0.2) is 9.97 Å². The lowest BCUT2D eigenvalue weighted by atomic mass is 10.1. The number of para-hydroxylation sites is 1. The van der Waals surface area contributed by atoms with Crippen molar-refractivity contribution in [3.05, 3.63) is 54.2 Å². The van der Waals surface area contributed by atoms with Crippen molar-refractivity contribution in [1.82, 2.24) is 19.7 Å². The quantitative estimate of drug-likeness (QED) is 0.736. The zero-order valence-corrected chi connectivity index (χ0v) is 9.85. The van der Waals surface area contributed by atoms with Crippen LogP contribution in [0.5, 0.6) is 0 Å². The van der Waals surface area contributed by atoms with Crippen molar-refractivity contribution < 1.29 is 5.11 Å². The van der Waals surface area contributed by atoms with Crippen molar-refractivity contribution in [2.45, 2.75) is 6.10 Å². The molecule has 0 saturated heterocycles.